The summed E-state index contributed by atoms with van der Waals surface area (Å²) in [5, 5.41) is 3.52. The van der Waals surface area contributed by atoms with Gasteiger partial charge >= 0.3 is 0 Å². The minimum Gasteiger partial charge on any atom is -0.486 e. The molecule has 1 aromatic carbocycles. The lowest BCUT2D eigenvalue weighted by atomic mass is 10.2. The van der Waals surface area contributed by atoms with E-state index in [9.17, 15) is 0 Å². The van der Waals surface area contributed by atoms with Crippen LogP contribution in [0.3, 0.4) is 0 Å². The van der Waals surface area contributed by atoms with Gasteiger partial charge in [-0.2, -0.15) is 0 Å². The molecule has 0 amide bonds. The van der Waals surface area contributed by atoms with Crippen LogP contribution in [0.25, 0.3) is 0 Å². The van der Waals surface area contributed by atoms with Crippen molar-refractivity contribution in [3.63, 3.8) is 0 Å². The van der Waals surface area contributed by atoms with Gasteiger partial charge in [-0.05, 0) is 31.8 Å². The minimum atomic E-state index is 0.494. The summed E-state index contributed by atoms with van der Waals surface area (Å²) in [7, 11) is 8.27. The summed E-state index contributed by atoms with van der Waals surface area (Å²) in [6, 6.07) is 6.62. The van der Waals surface area contributed by atoms with Crippen molar-refractivity contribution < 1.29 is 9.47 Å². The van der Waals surface area contributed by atoms with Gasteiger partial charge in [0.25, 0.3) is 0 Å². The molecule has 0 saturated carbocycles. The lowest BCUT2D eigenvalue weighted by Crippen LogP contribution is -2.55. The number of ether oxygens (including phenoxy) is 2. The Morgan fingerprint density at radius 1 is 1.23 bits per heavy atom. The number of hydrogen-bond donors (Lipinski definition) is 1. The molecule has 7 heteroatoms. The van der Waals surface area contributed by atoms with Crippen molar-refractivity contribution in [2.75, 3.05) is 67.6 Å². The third kappa shape index (κ3) is 4.59. The van der Waals surface area contributed by atoms with E-state index < -0.39 is 0 Å². The Bertz CT molecular complexity index is 636. The normalized spacial score (nSPS) is 21.5. The topological polar surface area (TPSA) is 52.6 Å². The second-order valence-corrected chi connectivity index (χ2v) is 7.16. The number of piperazine rings is 1. The van der Waals surface area contributed by atoms with Crippen LogP contribution in [0.4, 0.5) is 0 Å². The molecule has 3 rings (SSSR count). The standard InChI is InChI=1S/C19H31N5O2/c1-20-19(21-12-16-14-22(2)7-8-23(16)3)24(4)13-15-5-6-17-18(11-15)26-10-9-25-17/h5-6,11,16H,7-10,12-14H2,1-4H3,(H,20,21). The summed E-state index contributed by atoms with van der Waals surface area (Å²) >= 11 is 0. The molecule has 0 bridgehead atoms. The van der Waals surface area contributed by atoms with Gasteiger partial charge in [-0.25, -0.2) is 0 Å². The molecule has 0 spiro atoms. The van der Waals surface area contributed by atoms with E-state index in [1.54, 1.807) is 0 Å². The number of benzene rings is 1. The molecule has 0 aliphatic carbocycles. The predicted octanol–water partition coefficient (Wildman–Crippen LogP) is 0.711. The van der Waals surface area contributed by atoms with Crippen molar-refractivity contribution in [3.05, 3.63) is 23.8 Å². The Hall–Kier alpha value is -1.99. The molecule has 2 aliphatic heterocycles. The number of nitrogens with zero attached hydrogens (tertiary/aromatic N) is 4. The van der Waals surface area contributed by atoms with Crippen molar-refractivity contribution in [1.82, 2.24) is 20.0 Å². The summed E-state index contributed by atoms with van der Waals surface area (Å²) in [6.07, 6.45) is 0. The highest BCUT2D eigenvalue weighted by Gasteiger charge is 2.22. The molecule has 2 aliphatic rings. The Kier molecular flexibility index (Phi) is 6.21. The molecule has 0 radical (unpaired) electrons. The van der Waals surface area contributed by atoms with E-state index in [1.165, 1.54) is 5.56 Å². The SMILES string of the molecule is CN=C(NCC1CN(C)CCN1C)N(C)Cc1ccc2c(c1)OCCO2. The zero-order chi connectivity index (χ0) is 18.5. The average Bonchev–Trinajstić information content (AvgIpc) is 2.65. The van der Waals surface area contributed by atoms with Gasteiger partial charge in [-0.15, -0.1) is 0 Å². The van der Waals surface area contributed by atoms with Gasteiger partial charge < -0.3 is 24.6 Å². The quantitative estimate of drug-likeness (QED) is 0.630. The Morgan fingerprint density at radius 3 is 2.77 bits per heavy atom. The fourth-order valence-corrected chi connectivity index (χ4v) is 3.45. The highest BCUT2D eigenvalue weighted by Crippen LogP contribution is 2.31. The van der Waals surface area contributed by atoms with Gasteiger partial charge in [0.15, 0.2) is 17.5 Å². The van der Waals surface area contributed by atoms with Crippen LogP contribution in [-0.2, 0) is 6.54 Å². The first-order chi connectivity index (χ1) is 12.6. The van der Waals surface area contributed by atoms with Gasteiger partial charge in [-0.1, -0.05) is 6.07 Å². The molecule has 1 aromatic rings. The summed E-state index contributed by atoms with van der Waals surface area (Å²) in [5.41, 5.74) is 1.18. The van der Waals surface area contributed by atoms with Crippen LogP contribution >= 0.6 is 0 Å². The van der Waals surface area contributed by atoms with Gasteiger partial charge in [0.2, 0.25) is 0 Å². The van der Waals surface area contributed by atoms with Crippen molar-refractivity contribution in [3.8, 4) is 11.5 Å². The van der Waals surface area contributed by atoms with Crippen molar-refractivity contribution >= 4 is 5.96 Å². The molecular weight excluding hydrogens is 330 g/mol. The highest BCUT2D eigenvalue weighted by atomic mass is 16.6. The summed E-state index contributed by atoms with van der Waals surface area (Å²) in [6.45, 7) is 6.19. The zero-order valence-corrected chi connectivity index (χ0v) is 16.4. The van der Waals surface area contributed by atoms with Gasteiger partial charge in [-0.3, -0.25) is 9.89 Å². The van der Waals surface area contributed by atoms with Crippen molar-refractivity contribution in [2.45, 2.75) is 12.6 Å². The molecule has 7 nitrogen and oxygen atoms in total. The van der Waals surface area contributed by atoms with Crippen LogP contribution in [0.5, 0.6) is 11.5 Å². The highest BCUT2D eigenvalue weighted by molar-refractivity contribution is 5.79. The summed E-state index contributed by atoms with van der Waals surface area (Å²) in [4.78, 5) is 11.4. The maximum absolute atomic E-state index is 5.68. The summed E-state index contributed by atoms with van der Waals surface area (Å²) in [5.74, 6) is 2.56. The van der Waals surface area contributed by atoms with Gasteiger partial charge in [0, 0.05) is 52.9 Å². The number of likely N-dealkylation sites (N-methyl/N-ethyl adjacent to an activating group) is 2. The van der Waals surface area contributed by atoms with E-state index >= 15 is 0 Å². The van der Waals surface area contributed by atoms with E-state index in [2.05, 4.69) is 58.3 Å². The monoisotopic (exact) mass is 361 g/mol. The fourth-order valence-electron chi connectivity index (χ4n) is 3.45. The van der Waals surface area contributed by atoms with Crippen LogP contribution in [0, 0.1) is 0 Å². The number of hydrogen-bond acceptors (Lipinski definition) is 5. The fraction of sp³-hybridized carbons (Fsp3) is 0.632. The van der Waals surface area contributed by atoms with E-state index in [1.807, 2.05) is 13.1 Å². The average molecular weight is 361 g/mol. The maximum atomic E-state index is 5.68. The van der Waals surface area contributed by atoms with Crippen LogP contribution in [0.2, 0.25) is 0 Å². The second kappa shape index (κ2) is 8.60. The molecule has 1 N–H and O–H groups in total. The Balaban J connectivity index is 1.56. The van der Waals surface area contributed by atoms with Crippen LogP contribution in [-0.4, -0.2) is 94.3 Å². The first-order valence-corrected chi connectivity index (χ1v) is 9.26. The lowest BCUT2D eigenvalue weighted by Gasteiger charge is -2.38. The van der Waals surface area contributed by atoms with E-state index in [0.717, 1.165) is 50.2 Å². The predicted molar refractivity (Wildman–Crippen MR) is 104 cm³/mol. The van der Waals surface area contributed by atoms with E-state index in [0.29, 0.717) is 19.3 Å². The maximum Gasteiger partial charge on any atom is 0.193 e. The minimum absolute atomic E-state index is 0.494. The molecule has 26 heavy (non-hydrogen) atoms. The molecule has 0 aromatic heterocycles. The lowest BCUT2D eigenvalue weighted by molar-refractivity contribution is 0.116. The molecule has 1 unspecified atom stereocenters. The third-order valence-corrected chi connectivity index (χ3v) is 5.08. The molecule has 1 saturated heterocycles. The van der Waals surface area contributed by atoms with E-state index in [-0.39, 0.29) is 0 Å². The van der Waals surface area contributed by atoms with Gasteiger partial charge in [0.1, 0.15) is 13.2 Å². The Morgan fingerprint density at radius 2 is 2.00 bits per heavy atom. The zero-order valence-electron chi connectivity index (χ0n) is 16.4. The molecule has 144 valence electrons. The van der Waals surface area contributed by atoms with Crippen LogP contribution in [0.1, 0.15) is 5.56 Å². The Labute approximate surface area is 156 Å². The number of nitrogens with one attached hydrogen (secondary N) is 1. The third-order valence-electron chi connectivity index (χ3n) is 5.08. The number of aliphatic imine (C=N–C) groups is 1. The number of fused-ring (bicyclic) bond motifs is 1. The number of rotatable bonds is 4. The first kappa shape index (κ1) is 18.8. The molecule has 1 fully saturated rings. The van der Waals surface area contributed by atoms with Crippen LogP contribution in [0.15, 0.2) is 23.2 Å². The van der Waals surface area contributed by atoms with Crippen LogP contribution < -0.4 is 14.8 Å². The molecule has 1 atom stereocenters. The molecule has 2 heterocycles. The van der Waals surface area contributed by atoms with Crippen molar-refractivity contribution in [1.29, 1.82) is 0 Å². The van der Waals surface area contributed by atoms with Crippen molar-refractivity contribution in [2.24, 2.45) is 4.99 Å². The molecular formula is C19H31N5O2. The summed E-state index contributed by atoms with van der Waals surface area (Å²) < 4.78 is 11.3. The smallest absolute Gasteiger partial charge is 0.193 e. The first-order valence-electron chi connectivity index (χ1n) is 9.26. The second-order valence-electron chi connectivity index (χ2n) is 7.16. The largest absolute Gasteiger partial charge is 0.486 e. The number of guanidine groups is 1. The van der Waals surface area contributed by atoms with Gasteiger partial charge in [0.05, 0.1) is 0 Å². The van der Waals surface area contributed by atoms with E-state index in [4.69, 9.17) is 9.47 Å².